The van der Waals surface area contributed by atoms with Crippen molar-refractivity contribution in [3.63, 3.8) is 0 Å². The van der Waals surface area contributed by atoms with Crippen LogP contribution in [0.2, 0.25) is 0 Å². The van der Waals surface area contributed by atoms with Crippen LogP contribution in [0.15, 0.2) is 90.1 Å². The fourth-order valence-electron chi connectivity index (χ4n) is 3.52. The normalized spacial score (nSPS) is 14.0. The highest BCUT2D eigenvalue weighted by Gasteiger charge is 2.37. The lowest BCUT2D eigenvalue weighted by molar-refractivity contribution is 0.307. The summed E-state index contributed by atoms with van der Waals surface area (Å²) in [5.74, 6) is 0. The highest BCUT2D eigenvalue weighted by molar-refractivity contribution is 7.89. The molecule has 0 spiro atoms. The van der Waals surface area contributed by atoms with E-state index in [0.29, 0.717) is 18.4 Å². The molecule has 0 saturated heterocycles. The van der Waals surface area contributed by atoms with Crippen molar-refractivity contribution < 1.29 is 21.0 Å². The molecule has 0 fully saturated rings. The van der Waals surface area contributed by atoms with Crippen molar-refractivity contribution in [1.82, 2.24) is 9.71 Å². The van der Waals surface area contributed by atoms with Crippen LogP contribution in [0.4, 0.5) is 0 Å². The van der Waals surface area contributed by atoms with Crippen LogP contribution in [0.25, 0.3) is 0 Å². The molecule has 2 atom stereocenters. The van der Waals surface area contributed by atoms with Gasteiger partial charge in [0, 0.05) is 6.20 Å². The molecule has 0 radical (unpaired) electrons. The average Bonchev–Trinajstić information content (AvgIpc) is 2.83. The van der Waals surface area contributed by atoms with Gasteiger partial charge < -0.3 is 0 Å². The van der Waals surface area contributed by atoms with Crippen LogP contribution in [0.5, 0.6) is 0 Å². The largest absolute Gasteiger partial charge is 0.272 e. The Labute approximate surface area is 196 Å². The number of nitrogens with one attached hydrogen (secondary N) is 1. The summed E-state index contributed by atoms with van der Waals surface area (Å²) in [6.07, 6.45) is 2.55. The van der Waals surface area contributed by atoms with Gasteiger partial charge in [-0.1, -0.05) is 80.1 Å². The molecule has 0 unspecified atom stereocenters. The fraction of sp³-hybridized carbons (Fsp3) is 0.292. The molecule has 1 heterocycles. The zero-order valence-electron chi connectivity index (χ0n) is 18.4. The Balaban J connectivity index is 1.89. The zero-order valence-corrected chi connectivity index (χ0v) is 20.0. The number of aromatic nitrogens is 1. The van der Waals surface area contributed by atoms with Crippen molar-refractivity contribution in [2.45, 2.75) is 42.5 Å². The number of rotatable bonds is 12. The quantitative estimate of drug-likeness (QED) is 0.389. The zero-order chi connectivity index (χ0) is 23.7. The molecule has 3 rings (SSSR count). The summed E-state index contributed by atoms with van der Waals surface area (Å²) in [6, 6.07) is 21.6. The van der Waals surface area contributed by atoms with Crippen LogP contribution >= 0.6 is 0 Å². The predicted octanol–water partition coefficient (Wildman–Crippen LogP) is 3.86. The van der Waals surface area contributed by atoms with Gasteiger partial charge in [-0.25, -0.2) is 18.1 Å². The number of sulfonamides is 1. The van der Waals surface area contributed by atoms with Gasteiger partial charge >= 0.3 is 0 Å². The van der Waals surface area contributed by atoms with Crippen LogP contribution in [0.1, 0.15) is 36.9 Å². The Morgan fingerprint density at radius 1 is 0.879 bits per heavy atom. The Kier molecular flexibility index (Phi) is 8.74. The van der Waals surface area contributed by atoms with Crippen LogP contribution < -0.4 is 4.72 Å². The minimum Gasteiger partial charge on any atom is -0.269 e. The van der Waals surface area contributed by atoms with Crippen LogP contribution in [0, 0.1) is 0 Å². The molecular weight excluding hydrogens is 460 g/mol. The number of hydrogen-bond donors (Lipinski definition) is 1. The third-order valence-corrected chi connectivity index (χ3v) is 8.25. The maximum absolute atomic E-state index is 13.3. The first-order chi connectivity index (χ1) is 15.8. The van der Waals surface area contributed by atoms with E-state index in [2.05, 4.69) is 9.71 Å². The first-order valence-electron chi connectivity index (χ1n) is 10.7. The molecule has 176 valence electrons. The van der Waals surface area contributed by atoms with Gasteiger partial charge in [-0.15, -0.1) is 0 Å². The van der Waals surface area contributed by atoms with E-state index in [0.717, 1.165) is 5.56 Å². The van der Waals surface area contributed by atoms with Gasteiger partial charge in [0.1, 0.15) is 5.25 Å². The van der Waals surface area contributed by atoms with Crippen LogP contribution in [-0.4, -0.2) is 33.7 Å². The number of hydrogen-bond acceptors (Lipinski definition) is 6. The number of pyridine rings is 1. The maximum Gasteiger partial charge on any atom is 0.272 e. The van der Waals surface area contributed by atoms with E-state index in [1.54, 1.807) is 42.5 Å². The molecule has 3 aromatic rings. The van der Waals surface area contributed by atoms with Crippen molar-refractivity contribution in [3.05, 3.63) is 96.2 Å². The molecule has 9 heteroatoms. The third-order valence-electron chi connectivity index (χ3n) is 5.15. The predicted molar refractivity (Wildman–Crippen MR) is 127 cm³/mol. The Hall–Kier alpha value is -2.59. The molecule has 0 bridgehead atoms. The summed E-state index contributed by atoms with van der Waals surface area (Å²) < 4.78 is 60.6. The standard InChI is InChI=1S/C24H28N2O5S2/c1-2-11-22(33(29,30)31-19-17-20-12-5-3-6-13-20)24(21-14-7-4-8-15-21)26-32(27,28)23-16-9-10-18-25-23/h3-10,12-16,18,22,24,26H,2,11,17,19H2,1H3/t22-,24-/m0/s1. The second-order valence-corrected chi connectivity index (χ2v) is 11.0. The van der Waals surface area contributed by atoms with Gasteiger partial charge in [-0.3, -0.25) is 4.18 Å². The smallest absolute Gasteiger partial charge is 0.269 e. The summed E-state index contributed by atoms with van der Waals surface area (Å²) >= 11 is 0. The second kappa shape index (κ2) is 11.5. The SMILES string of the molecule is CCC[C@@H]([C@@H](NS(=O)(=O)c1ccccn1)c1ccccc1)S(=O)(=O)OCCc1ccccc1. The molecule has 0 saturated carbocycles. The maximum atomic E-state index is 13.3. The summed E-state index contributed by atoms with van der Waals surface area (Å²) in [7, 11) is -8.18. The molecule has 2 aromatic carbocycles. The first kappa shape index (κ1) is 25.0. The lowest BCUT2D eigenvalue weighted by atomic mass is 10.0. The second-order valence-electron chi connectivity index (χ2n) is 7.56. The van der Waals surface area contributed by atoms with E-state index >= 15 is 0 Å². The van der Waals surface area contributed by atoms with Gasteiger partial charge in [0.2, 0.25) is 0 Å². The first-order valence-corrected chi connectivity index (χ1v) is 13.7. The highest BCUT2D eigenvalue weighted by atomic mass is 32.2. The van der Waals surface area contributed by atoms with Crippen molar-refractivity contribution in [1.29, 1.82) is 0 Å². The van der Waals surface area contributed by atoms with E-state index in [9.17, 15) is 16.8 Å². The van der Waals surface area contributed by atoms with E-state index in [4.69, 9.17) is 4.18 Å². The van der Waals surface area contributed by atoms with Crippen molar-refractivity contribution >= 4 is 20.1 Å². The summed E-state index contributed by atoms with van der Waals surface area (Å²) in [4.78, 5) is 3.92. The van der Waals surface area contributed by atoms with Gasteiger partial charge in [0.25, 0.3) is 20.1 Å². The van der Waals surface area contributed by atoms with Crippen molar-refractivity contribution in [2.24, 2.45) is 0 Å². The van der Waals surface area contributed by atoms with Crippen molar-refractivity contribution in [2.75, 3.05) is 6.61 Å². The summed E-state index contributed by atoms with van der Waals surface area (Å²) in [6.45, 7) is 1.82. The van der Waals surface area contributed by atoms with Crippen LogP contribution in [-0.2, 0) is 30.7 Å². The average molecular weight is 489 g/mol. The highest BCUT2D eigenvalue weighted by Crippen LogP contribution is 2.29. The summed E-state index contributed by atoms with van der Waals surface area (Å²) in [5, 5.41) is -1.29. The minimum atomic E-state index is -4.10. The molecule has 0 aliphatic heterocycles. The third kappa shape index (κ3) is 6.94. The number of nitrogens with zero attached hydrogens (tertiary/aromatic N) is 1. The Bertz CT molecular complexity index is 1200. The molecular formula is C24H28N2O5S2. The van der Waals surface area contributed by atoms with Crippen LogP contribution in [0.3, 0.4) is 0 Å². The molecule has 7 nitrogen and oxygen atoms in total. The van der Waals surface area contributed by atoms with Gasteiger partial charge in [0.05, 0.1) is 12.6 Å². The Morgan fingerprint density at radius 2 is 1.52 bits per heavy atom. The number of benzene rings is 2. The van der Waals surface area contributed by atoms with Gasteiger partial charge in [-0.2, -0.15) is 8.42 Å². The van der Waals surface area contributed by atoms with E-state index in [-0.39, 0.29) is 18.1 Å². The Morgan fingerprint density at radius 3 is 2.12 bits per heavy atom. The van der Waals surface area contributed by atoms with E-state index < -0.39 is 31.4 Å². The minimum absolute atomic E-state index is 0.0267. The molecule has 1 N–H and O–H groups in total. The molecule has 0 amide bonds. The summed E-state index contributed by atoms with van der Waals surface area (Å²) in [5.41, 5.74) is 1.49. The van der Waals surface area contributed by atoms with Gasteiger partial charge in [0.15, 0.2) is 5.03 Å². The van der Waals surface area contributed by atoms with E-state index in [1.165, 1.54) is 12.3 Å². The fourth-order valence-corrected chi connectivity index (χ4v) is 6.39. The topological polar surface area (TPSA) is 102 Å². The van der Waals surface area contributed by atoms with E-state index in [1.807, 2.05) is 37.3 Å². The van der Waals surface area contributed by atoms with Crippen molar-refractivity contribution in [3.8, 4) is 0 Å². The lowest BCUT2D eigenvalue weighted by Gasteiger charge is -2.27. The molecule has 33 heavy (non-hydrogen) atoms. The monoisotopic (exact) mass is 488 g/mol. The molecule has 1 aromatic heterocycles. The lowest BCUT2D eigenvalue weighted by Crippen LogP contribution is -2.41. The molecule has 0 aliphatic carbocycles. The van der Waals surface area contributed by atoms with Gasteiger partial charge in [-0.05, 0) is 36.1 Å². The molecule has 0 aliphatic rings.